The van der Waals surface area contributed by atoms with Crippen molar-refractivity contribution in [2.45, 2.75) is 13.1 Å². The minimum absolute atomic E-state index is 0.216. The fourth-order valence-corrected chi connectivity index (χ4v) is 2.13. The van der Waals surface area contributed by atoms with Gasteiger partial charge in [0.1, 0.15) is 13.2 Å². The van der Waals surface area contributed by atoms with Gasteiger partial charge in [0.05, 0.1) is 0 Å². The first kappa shape index (κ1) is 14.2. The lowest BCUT2D eigenvalue weighted by Gasteiger charge is -2.19. The van der Waals surface area contributed by atoms with Gasteiger partial charge in [-0.3, -0.25) is 4.98 Å². The van der Waals surface area contributed by atoms with E-state index < -0.39 is 0 Å². The molecule has 0 fully saturated rings. The number of fused-ring (bicyclic) bond motifs is 1. The zero-order valence-electron chi connectivity index (χ0n) is 12.0. The molecule has 0 spiro atoms. The quantitative estimate of drug-likeness (QED) is 0.904. The summed E-state index contributed by atoms with van der Waals surface area (Å²) in [5.41, 5.74) is 1.97. The topological polar surface area (TPSA) is 72.5 Å². The number of rotatable bonds is 4. The number of nitrogens with one attached hydrogen (secondary N) is 2. The minimum atomic E-state index is -0.216. The molecule has 0 saturated carbocycles. The zero-order chi connectivity index (χ0) is 15.2. The van der Waals surface area contributed by atoms with Crippen molar-refractivity contribution in [1.29, 1.82) is 0 Å². The Morgan fingerprint density at radius 2 is 1.64 bits per heavy atom. The van der Waals surface area contributed by atoms with Crippen LogP contribution >= 0.6 is 0 Å². The highest BCUT2D eigenvalue weighted by Gasteiger charge is 2.11. The summed E-state index contributed by atoms with van der Waals surface area (Å²) in [6.07, 6.45) is 3.40. The van der Waals surface area contributed by atoms with Crippen molar-refractivity contribution >= 4 is 6.03 Å². The van der Waals surface area contributed by atoms with Gasteiger partial charge in [-0.05, 0) is 35.4 Å². The van der Waals surface area contributed by atoms with E-state index >= 15 is 0 Å². The van der Waals surface area contributed by atoms with Crippen molar-refractivity contribution in [3.05, 3.63) is 53.9 Å². The maximum atomic E-state index is 11.8. The number of urea groups is 1. The predicted molar refractivity (Wildman–Crippen MR) is 80.7 cm³/mol. The van der Waals surface area contributed by atoms with Crippen molar-refractivity contribution in [3.63, 3.8) is 0 Å². The molecule has 2 N–H and O–H groups in total. The Morgan fingerprint density at radius 3 is 2.41 bits per heavy atom. The molecule has 1 aromatic heterocycles. The number of amides is 2. The van der Waals surface area contributed by atoms with E-state index in [0.29, 0.717) is 26.3 Å². The highest BCUT2D eigenvalue weighted by atomic mass is 16.6. The predicted octanol–water partition coefficient (Wildman–Crippen LogP) is 1.85. The SMILES string of the molecule is O=C(NCc1ccncc1)NCc1ccc2c(c1)OCCO2. The van der Waals surface area contributed by atoms with Crippen LogP contribution in [0.15, 0.2) is 42.7 Å². The molecule has 0 bridgehead atoms. The molecule has 0 unspecified atom stereocenters. The molecule has 114 valence electrons. The van der Waals surface area contributed by atoms with E-state index in [0.717, 1.165) is 22.6 Å². The highest BCUT2D eigenvalue weighted by molar-refractivity contribution is 5.73. The van der Waals surface area contributed by atoms with E-state index in [4.69, 9.17) is 9.47 Å². The second kappa shape index (κ2) is 6.80. The molecule has 3 rings (SSSR count). The van der Waals surface area contributed by atoms with Crippen LogP contribution in [-0.2, 0) is 13.1 Å². The van der Waals surface area contributed by atoms with E-state index in [1.165, 1.54) is 0 Å². The van der Waals surface area contributed by atoms with Crippen molar-refractivity contribution in [1.82, 2.24) is 15.6 Å². The van der Waals surface area contributed by atoms with Crippen LogP contribution in [0, 0.1) is 0 Å². The van der Waals surface area contributed by atoms with Crippen LogP contribution in [0.4, 0.5) is 4.79 Å². The number of benzene rings is 1. The maximum absolute atomic E-state index is 11.8. The van der Waals surface area contributed by atoms with Gasteiger partial charge >= 0.3 is 6.03 Å². The summed E-state index contributed by atoms with van der Waals surface area (Å²) in [5, 5.41) is 5.61. The lowest BCUT2D eigenvalue weighted by Crippen LogP contribution is -2.34. The van der Waals surface area contributed by atoms with Crippen LogP contribution in [0.1, 0.15) is 11.1 Å². The molecule has 2 amide bonds. The first-order valence-corrected chi connectivity index (χ1v) is 7.10. The Bertz CT molecular complexity index is 646. The maximum Gasteiger partial charge on any atom is 0.315 e. The fourth-order valence-electron chi connectivity index (χ4n) is 2.13. The normalized spacial score (nSPS) is 12.5. The number of ether oxygens (including phenoxy) is 2. The molecule has 2 heterocycles. The van der Waals surface area contributed by atoms with E-state index in [-0.39, 0.29) is 6.03 Å². The molecular formula is C16H17N3O3. The number of hydrogen-bond acceptors (Lipinski definition) is 4. The Balaban J connectivity index is 1.48. The van der Waals surface area contributed by atoms with Gasteiger partial charge in [0.25, 0.3) is 0 Å². The highest BCUT2D eigenvalue weighted by Crippen LogP contribution is 2.30. The van der Waals surface area contributed by atoms with Crippen molar-refractivity contribution in [2.24, 2.45) is 0 Å². The molecule has 1 aromatic carbocycles. The molecule has 0 atom stereocenters. The third kappa shape index (κ3) is 3.66. The van der Waals surface area contributed by atoms with Crippen LogP contribution in [0.5, 0.6) is 11.5 Å². The van der Waals surface area contributed by atoms with Crippen LogP contribution in [0.3, 0.4) is 0 Å². The summed E-state index contributed by atoms with van der Waals surface area (Å²) in [5.74, 6) is 1.47. The standard InChI is InChI=1S/C16H17N3O3/c20-16(18-10-12-3-5-17-6-4-12)19-11-13-1-2-14-15(9-13)22-8-7-21-14/h1-6,9H,7-8,10-11H2,(H2,18,19,20). The smallest absolute Gasteiger partial charge is 0.315 e. The first-order chi connectivity index (χ1) is 10.8. The molecule has 0 radical (unpaired) electrons. The third-order valence-electron chi connectivity index (χ3n) is 3.26. The van der Waals surface area contributed by atoms with E-state index in [2.05, 4.69) is 15.6 Å². The van der Waals surface area contributed by atoms with Crippen LogP contribution in [-0.4, -0.2) is 24.2 Å². The monoisotopic (exact) mass is 299 g/mol. The van der Waals surface area contributed by atoms with E-state index in [1.807, 2.05) is 30.3 Å². The summed E-state index contributed by atoms with van der Waals surface area (Å²) >= 11 is 0. The molecule has 6 nitrogen and oxygen atoms in total. The van der Waals surface area contributed by atoms with E-state index in [9.17, 15) is 4.79 Å². The molecule has 6 heteroatoms. The molecule has 1 aliphatic heterocycles. The Hall–Kier alpha value is -2.76. The van der Waals surface area contributed by atoms with Gasteiger partial charge in [-0.15, -0.1) is 0 Å². The van der Waals surface area contributed by atoms with Crippen LogP contribution in [0.2, 0.25) is 0 Å². The number of nitrogens with zero attached hydrogens (tertiary/aromatic N) is 1. The van der Waals surface area contributed by atoms with Gasteiger partial charge in [-0.25, -0.2) is 4.79 Å². The fraction of sp³-hybridized carbons (Fsp3) is 0.250. The average Bonchev–Trinajstić information content (AvgIpc) is 2.59. The van der Waals surface area contributed by atoms with Crippen LogP contribution < -0.4 is 20.1 Å². The van der Waals surface area contributed by atoms with Gasteiger partial charge in [0, 0.05) is 25.5 Å². The number of pyridine rings is 1. The van der Waals surface area contributed by atoms with Crippen molar-refractivity contribution in [3.8, 4) is 11.5 Å². The molecular weight excluding hydrogens is 282 g/mol. The molecule has 1 aliphatic rings. The molecule has 0 aliphatic carbocycles. The molecule has 2 aromatic rings. The van der Waals surface area contributed by atoms with Gasteiger partial charge in [0.15, 0.2) is 11.5 Å². The first-order valence-electron chi connectivity index (χ1n) is 7.10. The second-order valence-electron chi connectivity index (χ2n) is 4.87. The Morgan fingerprint density at radius 1 is 0.955 bits per heavy atom. The summed E-state index contributed by atoms with van der Waals surface area (Å²) in [6.45, 7) is 2.02. The summed E-state index contributed by atoms with van der Waals surface area (Å²) in [6, 6.07) is 9.17. The van der Waals surface area contributed by atoms with E-state index in [1.54, 1.807) is 12.4 Å². The van der Waals surface area contributed by atoms with Gasteiger partial charge in [0.2, 0.25) is 0 Å². The van der Waals surface area contributed by atoms with Crippen molar-refractivity contribution < 1.29 is 14.3 Å². The number of hydrogen-bond donors (Lipinski definition) is 2. The Labute approximate surface area is 128 Å². The number of aromatic nitrogens is 1. The Kier molecular flexibility index (Phi) is 4.38. The number of carbonyl (C=O) groups excluding carboxylic acids is 1. The minimum Gasteiger partial charge on any atom is -0.486 e. The molecule has 0 saturated heterocycles. The largest absolute Gasteiger partial charge is 0.486 e. The lowest BCUT2D eigenvalue weighted by molar-refractivity contribution is 0.171. The third-order valence-corrected chi connectivity index (χ3v) is 3.26. The molecule has 22 heavy (non-hydrogen) atoms. The average molecular weight is 299 g/mol. The summed E-state index contributed by atoms with van der Waals surface area (Å²) < 4.78 is 11.0. The summed E-state index contributed by atoms with van der Waals surface area (Å²) in [7, 11) is 0. The second-order valence-corrected chi connectivity index (χ2v) is 4.87. The van der Waals surface area contributed by atoms with Crippen molar-refractivity contribution in [2.75, 3.05) is 13.2 Å². The van der Waals surface area contributed by atoms with Gasteiger partial charge in [-0.2, -0.15) is 0 Å². The van der Waals surface area contributed by atoms with Gasteiger partial charge < -0.3 is 20.1 Å². The number of carbonyl (C=O) groups is 1. The zero-order valence-corrected chi connectivity index (χ0v) is 12.0. The van der Waals surface area contributed by atoms with Gasteiger partial charge in [-0.1, -0.05) is 6.07 Å². The summed E-state index contributed by atoms with van der Waals surface area (Å²) in [4.78, 5) is 15.7. The van der Waals surface area contributed by atoms with Crippen LogP contribution in [0.25, 0.3) is 0 Å². The lowest BCUT2D eigenvalue weighted by atomic mass is 10.2.